The quantitative estimate of drug-likeness (QED) is 0.579. The van der Waals surface area contributed by atoms with E-state index >= 15 is 0 Å². The Morgan fingerprint density at radius 1 is 0.968 bits per heavy atom. The highest BCUT2D eigenvalue weighted by Crippen LogP contribution is 2.20. The third-order valence-corrected chi connectivity index (χ3v) is 5.37. The van der Waals surface area contributed by atoms with Crippen LogP contribution in [0.4, 0.5) is 20.2 Å². The summed E-state index contributed by atoms with van der Waals surface area (Å²) in [6.45, 7) is -0.330. The molecule has 3 aromatic rings. The van der Waals surface area contributed by atoms with Gasteiger partial charge in [-0.3, -0.25) is 9.52 Å². The van der Waals surface area contributed by atoms with Gasteiger partial charge >= 0.3 is 0 Å². The predicted octanol–water partition coefficient (Wildman–Crippen LogP) is 3.65. The molecule has 31 heavy (non-hydrogen) atoms. The van der Waals surface area contributed by atoms with Crippen molar-refractivity contribution in [3.8, 4) is 11.8 Å². The number of anilines is 2. The fourth-order valence-corrected chi connectivity index (χ4v) is 3.57. The van der Waals surface area contributed by atoms with Crippen molar-refractivity contribution in [2.75, 3.05) is 16.6 Å². The molecular weight excluding hydrogens is 428 g/mol. The van der Waals surface area contributed by atoms with Crippen molar-refractivity contribution < 1.29 is 26.7 Å². The van der Waals surface area contributed by atoms with Gasteiger partial charge in [0.2, 0.25) is 0 Å². The van der Waals surface area contributed by atoms with Gasteiger partial charge in [0.05, 0.1) is 10.5 Å². The molecule has 3 rings (SSSR count). The van der Waals surface area contributed by atoms with Gasteiger partial charge in [0.25, 0.3) is 15.9 Å². The van der Waals surface area contributed by atoms with Crippen LogP contribution in [0, 0.1) is 23.0 Å². The average molecular weight is 443 g/mol. The first-order valence-corrected chi connectivity index (χ1v) is 10.3. The molecule has 0 saturated carbocycles. The van der Waals surface area contributed by atoms with Gasteiger partial charge in [-0.25, -0.2) is 17.2 Å². The summed E-state index contributed by atoms with van der Waals surface area (Å²) in [5, 5.41) is 11.6. The van der Waals surface area contributed by atoms with Crippen molar-refractivity contribution in [1.29, 1.82) is 5.26 Å². The van der Waals surface area contributed by atoms with E-state index in [0.29, 0.717) is 17.3 Å². The predicted molar refractivity (Wildman–Crippen MR) is 109 cm³/mol. The van der Waals surface area contributed by atoms with Gasteiger partial charge in [0.1, 0.15) is 11.8 Å². The zero-order chi connectivity index (χ0) is 22.4. The lowest BCUT2D eigenvalue weighted by Crippen LogP contribution is -2.20. The number of amides is 1. The summed E-state index contributed by atoms with van der Waals surface area (Å²) in [5.41, 5.74) is 0.827. The van der Waals surface area contributed by atoms with E-state index < -0.39 is 32.5 Å². The Morgan fingerprint density at radius 3 is 2.32 bits per heavy atom. The SMILES string of the molecule is N#Cc1ccccc1OCC(=O)Nc1ccc(NS(=O)(=O)c2ccc(F)c(F)c2)cc1. The summed E-state index contributed by atoms with van der Waals surface area (Å²) in [5.74, 6) is -2.63. The molecule has 0 aliphatic rings. The van der Waals surface area contributed by atoms with Crippen LogP contribution in [0.1, 0.15) is 5.56 Å². The van der Waals surface area contributed by atoms with E-state index in [1.165, 1.54) is 24.3 Å². The second-order valence-electron chi connectivity index (χ2n) is 6.20. The first-order valence-electron chi connectivity index (χ1n) is 8.78. The van der Waals surface area contributed by atoms with Gasteiger partial charge in [0.15, 0.2) is 18.2 Å². The molecule has 0 aliphatic heterocycles. The smallest absolute Gasteiger partial charge is 0.262 e. The minimum Gasteiger partial charge on any atom is -0.482 e. The van der Waals surface area contributed by atoms with E-state index in [-0.39, 0.29) is 18.0 Å². The molecular formula is C21H15F2N3O4S. The van der Waals surface area contributed by atoms with Gasteiger partial charge in [-0.15, -0.1) is 0 Å². The minimum atomic E-state index is -4.12. The summed E-state index contributed by atoms with van der Waals surface area (Å²) in [6, 6.07) is 16.4. The maximum absolute atomic E-state index is 13.3. The maximum Gasteiger partial charge on any atom is 0.262 e. The monoisotopic (exact) mass is 443 g/mol. The van der Waals surface area contributed by atoms with Crippen molar-refractivity contribution in [3.63, 3.8) is 0 Å². The second-order valence-corrected chi connectivity index (χ2v) is 7.89. The summed E-state index contributed by atoms with van der Waals surface area (Å²) in [4.78, 5) is 11.6. The molecule has 0 spiro atoms. The molecule has 0 atom stereocenters. The molecule has 0 radical (unpaired) electrons. The number of rotatable bonds is 7. The largest absolute Gasteiger partial charge is 0.482 e. The Kier molecular flexibility index (Phi) is 6.47. The number of ether oxygens (including phenoxy) is 1. The molecule has 1 amide bonds. The van der Waals surface area contributed by atoms with Crippen LogP contribution in [0.15, 0.2) is 71.6 Å². The summed E-state index contributed by atoms with van der Waals surface area (Å²) in [6.07, 6.45) is 0. The number of carbonyl (C=O) groups excluding carboxylic acids is 1. The topological polar surface area (TPSA) is 108 Å². The molecule has 7 nitrogen and oxygen atoms in total. The van der Waals surface area contributed by atoms with Crippen LogP contribution in [0.2, 0.25) is 0 Å². The van der Waals surface area contributed by atoms with Gasteiger partial charge in [0, 0.05) is 11.4 Å². The molecule has 0 fully saturated rings. The number of para-hydroxylation sites is 1. The van der Waals surface area contributed by atoms with Crippen molar-refractivity contribution >= 4 is 27.3 Å². The third-order valence-electron chi connectivity index (χ3n) is 3.99. The van der Waals surface area contributed by atoms with Crippen LogP contribution in [0.5, 0.6) is 5.75 Å². The number of carbonyl (C=O) groups is 1. The molecule has 3 aromatic carbocycles. The van der Waals surface area contributed by atoms with Crippen LogP contribution < -0.4 is 14.8 Å². The number of nitrogens with zero attached hydrogens (tertiary/aromatic N) is 1. The van der Waals surface area contributed by atoms with Gasteiger partial charge in [-0.1, -0.05) is 12.1 Å². The van der Waals surface area contributed by atoms with Crippen LogP contribution in [0.25, 0.3) is 0 Å². The molecule has 0 heterocycles. The van der Waals surface area contributed by atoms with E-state index in [0.717, 1.165) is 12.1 Å². The maximum atomic E-state index is 13.3. The number of halogens is 2. The molecule has 0 unspecified atom stereocenters. The van der Waals surface area contributed by atoms with E-state index in [1.807, 2.05) is 6.07 Å². The fourth-order valence-electron chi connectivity index (χ4n) is 2.50. The van der Waals surface area contributed by atoms with Crippen molar-refractivity contribution in [1.82, 2.24) is 0 Å². The van der Waals surface area contributed by atoms with Crippen molar-refractivity contribution in [2.24, 2.45) is 0 Å². The zero-order valence-corrected chi connectivity index (χ0v) is 16.6. The lowest BCUT2D eigenvalue weighted by molar-refractivity contribution is -0.118. The number of hydrogen-bond acceptors (Lipinski definition) is 5. The fraction of sp³-hybridized carbons (Fsp3) is 0.0476. The molecule has 0 bridgehead atoms. The van der Waals surface area contributed by atoms with Crippen molar-refractivity contribution in [2.45, 2.75) is 4.90 Å². The first-order chi connectivity index (χ1) is 14.8. The Morgan fingerprint density at radius 2 is 1.65 bits per heavy atom. The number of sulfonamides is 1. The minimum absolute atomic E-state index is 0.155. The van der Waals surface area contributed by atoms with Crippen LogP contribution in [0.3, 0.4) is 0 Å². The van der Waals surface area contributed by atoms with E-state index in [2.05, 4.69) is 10.0 Å². The Labute approximate surface area is 176 Å². The van der Waals surface area contributed by atoms with Crippen LogP contribution in [-0.2, 0) is 14.8 Å². The highest BCUT2D eigenvalue weighted by Gasteiger charge is 2.17. The highest BCUT2D eigenvalue weighted by atomic mass is 32.2. The van der Waals surface area contributed by atoms with Crippen molar-refractivity contribution in [3.05, 3.63) is 83.9 Å². The average Bonchev–Trinajstić information content (AvgIpc) is 2.75. The molecule has 10 heteroatoms. The summed E-state index contributed by atoms with van der Waals surface area (Å²) in [7, 11) is -4.12. The number of nitrogens with one attached hydrogen (secondary N) is 2. The van der Waals surface area contributed by atoms with Gasteiger partial charge in [-0.2, -0.15) is 5.26 Å². The molecule has 158 valence electrons. The Bertz CT molecular complexity index is 1260. The highest BCUT2D eigenvalue weighted by molar-refractivity contribution is 7.92. The number of nitriles is 1. The Hall–Kier alpha value is -3.97. The molecule has 0 aliphatic carbocycles. The first kappa shape index (κ1) is 21.7. The number of hydrogen-bond donors (Lipinski definition) is 2. The molecule has 0 aromatic heterocycles. The van der Waals surface area contributed by atoms with Crippen LogP contribution in [-0.4, -0.2) is 20.9 Å². The Balaban J connectivity index is 1.60. The standard InChI is InChI=1S/C21H15F2N3O4S/c22-18-10-9-17(11-19(18)23)31(28,29)26-16-7-5-15(6-8-16)25-21(27)13-30-20-4-2-1-3-14(20)12-24/h1-11,26H,13H2,(H,25,27). The lowest BCUT2D eigenvalue weighted by Gasteiger charge is -2.11. The van der Waals surface area contributed by atoms with Gasteiger partial charge in [-0.05, 0) is 54.6 Å². The zero-order valence-electron chi connectivity index (χ0n) is 15.8. The summed E-state index contributed by atoms with van der Waals surface area (Å²) >= 11 is 0. The van der Waals surface area contributed by atoms with E-state index in [4.69, 9.17) is 10.00 Å². The normalized spacial score (nSPS) is 10.7. The lowest BCUT2D eigenvalue weighted by atomic mass is 10.2. The third kappa shape index (κ3) is 5.55. The van der Waals surface area contributed by atoms with E-state index in [1.54, 1.807) is 24.3 Å². The van der Waals surface area contributed by atoms with Crippen LogP contribution >= 0.6 is 0 Å². The molecule has 2 N–H and O–H groups in total. The number of benzene rings is 3. The second kappa shape index (κ2) is 9.23. The van der Waals surface area contributed by atoms with Gasteiger partial charge < -0.3 is 10.1 Å². The van der Waals surface area contributed by atoms with E-state index in [9.17, 15) is 22.0 Å². The molecule has 0 saturated heterocycles. The summed E-state index contributed by atoms with van der Waals surface area (Å²) < 4.78 is 58.5.